The minimum Gasteiger partial charge on any atom is -0.468 e. The summed E-state index contributed by atoms with van der Waals surface area (Å²) in [4.78, 5) is 21.8. The Bertz CT molecular complexity index is 896. The highest BCUT2D eigenvalue weighted by atomic mass is 32.2. The fourth-order valence-electron chi connectivity index (χ4n) is 2.16. The number of carbonyl (C=O) groups is 1. The van der Waals surface area contributed by atoms with Crippen LogP contribution in [0.25, 0.3) is 0 Å². The molecule has 0 bridgehead atoms. The van der Waals surface area contributed by atoms with Gasteiger partial charge in [0.15, 0.2) is 0 Å². The van der Waals surface area contributed by atoms with Crippen molar-refractivity contribution in [2.75, 3.05) is 18.0 Å². The van der Waals surface area contributed by atoms with E-state index < -0.39 is 27.5 Å². The van der Waals surface area contributed by atoms with E-state index in [2.05, 4.69) is 4.74 Å². The van der Waals surface area contributed by atoms with E-state index >= 15 is 0 Å². The number of anilines is 1. The van der Waals surface area contributed by atoms with Crippen LogP contribution in [0.4, 0.5) is 11.4 Å². The zero-order chi connectivity index (χ0) is 18.6. The maximum Gasteiger partial charge on any atom is 0.326 e. The van der Waals surface area contributed by atoms with Crippen LogP contribution in [0, 0.1) is 17.0 Å². The van der Waals surface area contributed by atoms with Gasteiger partial charge in [-0.1, -0.05) is 24.3 Å². The highest BCUT2D eigenvalue weighted by Crippen LogP contribution is 2.27. The molecule has 0 aliphatic carbocycles. The summed E-state index contributed by atoms with van der Waals surface area (Å²) in [7, 11) is -3.06. The number of esters is 1. The fourth-order valence-corrected chi connectivity index (χ4v) is 3.59. The molecule has 0 atom stereocenters. The van der Waals surface area contributed by atoms with Crippen LogP contribution in [-0.4, -0.2) is 33.0 Å². The largest absolute Gasteiger partial charge is 0.468 e. The zero-order valence-corrected chi connectivity index (χ0v) is 14.4. The van der Waals surface area contributed by atoms with Crippen molar-refractivity contribution in [1.82, 2.24) is 0 Å². The second-order valence-corrected chi connectivity index (χ2v) is 6.99. The van der Waals surface area contributed by atoms with Gasteiger partial charge in [-0.3, -0.25) is 19.2 Å². The van der Waals surface area contributed by atoms with Crippen LogP contribution >= 0.6 is 0 Å². The maximum atomic E-state index is 13.0. The first-order chi connectivity index (χ1) is 11.8. The molecule has 0 aliphatic rings. The number of ether oxygens (including phenoxy) is 1. The normalized spacial score (nSPS) is 11.0. The molecule has 0 saturated carbocycles. The number of nitrogens with zero attached hydrogens (tertiary/aromatic N) is 2. The van der Waals surface area contributed by atoms with E-state index in [0.717, 1.165) is 17.5 Å². The quantitative estimate of drug-likeness (QED) is 0.442. The molecule has 0 radical (unpaired) electrons. The lowest BCUT2D eigenvalue weighted by Gasteiger charge is -2.23. The fraction of sp³-hybridized carbons (Fsp3) is 0.188. The van der Waals surface area contributed by atoms with Crippen molar-refractivity contribution in [3.63, 3.8) is 0 Å². The summed E-state index contributed by atoms with van der Waals surface area (Å²) in [6.07, 6.45) is 0. The number of rotatable bonds is 6. The number of carbonyl (C=O) groups excluding carboxylic acids is 1. The number of nitro groups is 1. The van der Waals surface area contributed by atoms with Crippen LogP contribution in [0.2, 0.25) is 0 Å². The molecule has 25 heavy (non-hydrogen) atoms. The third kappa shape index (κ3) is 3.94. The minimum atomic E-state index is -4.20. The molecule has 0 unspecified atom stereocenters. The summed E-state index contributed by atoms with van der Waals surface area (Å²) >= 11 is 0. The standard InChI is InChI=1S/C16H16N2O6S/c1-12-8-9-14(10-15(12)18(20)21)25(22,23)17(11-16(19)24-2)13-6-4-3-5-7-13/h3-10H,11H2,1-2H3. The van der Waals surface area contributed by atoms with E-state index in [1.165, 1.54) is 31.2 Å². The molecule has 0 spiro atoms. The second kappa shape index (κ2) is 7.31. The van der Waals surface area contributed by atoms with Gasteiger partial charge in [0.2, 0.25) is 0 Å². The van der Waals surface area contributed by atoms with Crippen molar-refractivity contribution < 1.29 is 22.9 Å². The smallest absolute Gasteiger partial charge is 0.326 e. The monoisotopic (exact) mass is 364 g/mol. The Labute approximate surface area is 144 Å². The summed E-state index contributed by atoms with van der Waals surface area (Å²) in [5.74, 6) is -0.756. The molecule has 0 fully saturated rings. The Balaban J connectivity index is 2.57. The molecule has 0 amide bonds. The predicted octanol–water partition coefficient (Wildman–Crippen LogP) is 2.27. The Morgan fingerprint density at radius 1 is 1.20 bits per heavy atom. The lowest BCUT2D eigenvalue weighted by atomic mass is 10.2. The van der Waals surface area contributed by atoms with Gasteiger partial charge in [0.25, 0.3) is 15.7 Å². The minimum absolute atomic E-state index is 0.246. The highest BCUT2D eigenvalue weighted by Gasteiger charge is 2.29. The molecule has 2 aromatic rings. The van der Waals surface area contributed by atoms with Crippen LogP contribution < -0.4 is 4.31 Å². The van der Waals surface area contributed by atoms with Crippen LogP contribution in [-0.2, 0) is 19.6 Å². The molecule has 0 saturated heterocycles. The predicted molar refractivity (Wildman–Crippen MR) is 90.8 cm³/mol. The van der Waals surface area contributed by atoms with Gasteiger partial charge >= 0.3 is 5.97 Å². The topological polar surface area (TPSA) is 107 Å². The highest BCUT2D eigenvalue weighted by molar-refractivity contribution is 7.92. The van der Waals surface area contributed by atoms with E-state index in [9.17, 15) is 23.3 Å². The Morgan fingerprint density at radius 3 is 2.40 bits per heavy atom. The molecular weight excluding hydrogens is 348 g/mol. The number of nitro benzene ring substituents is 1. The van der Waals surface area contributed by atoms with Gasteiger partial charge in [-0.2, -0.15) is 0 Å². The zero-order valence-electron chi connectivity index (χ0n) is 13.6. The van der Waals surface area contributed by atoms with Crippen molar-refractivity contribution in [1.29, 1.82) is 0 Å². The summed E-state index contributed by atoms with van der Waals surface area (Å²) in [5, 5.41) is 11.1. The second-order valence-electron chi connectivity index (χ2n) is 5.13. The summed E-state index contributed by atoms with van der Waals surface area (Å²) in [6, 6.07) is 11.6. The SMILES string of the molecule is COC(=O)CN(c1ccccc1)S(=O)(=O)c1ccc(C)c([N+](=O)[O-])c1. The molecule has 0 aliphatic heterocycles. The number of benzene rings is 2. The summed E-state index contributed by atoms with van der Waals surface area (Å²) in [6.45, 7) is 0.961. The van der Waals surface area contributed by atoms with Crippen LogP contribution in [0.1, 0.15) is 5.56 Å². The van der Waals surface area contributed by atoms with Crippen molar-refractivity contribution in [2.24, 2.45) is 0 Å². The van der Waals surface area contributed by atoms with Crippen LogP contribution in [0.15, 0.2) is 53.4 Å². The Hall–Kier alpha value is -2.94. The van der Waals surface area contributed by atoms with E-state index in [-0.39, 0.29) is 16.3 Å². The van der Waals surface area contributed by atoms with E-state index in [1.807, 2.05) is 0 Å². The Morgan fingerprint density at radius 2 is 1.84 bits per heavy atom. The first kappa shape index (κ1) is 18.4. The molecule has 8 nitrogen and oxygen atoms in total. The number of hydrogen-bond donors (Lipinski definition) is 0. The molecule has 132 valence electrons. The number of aryl methyl sites for hydroxylation is 1. The first-order valence-electron chi connectivity index (χ1n) is 7.17. The molecular formula is C16H16N2O6S. The van der Waals surface area contributed by atoms with Gasteiger partial charge in [-0.25, -0.2) is 8.42 Å². The molecule has 2 rings (SSSR count). The van der Waals surface area contributed by atoms with E-state index in [0.29, 0.717) is 5.56 Å². The summed E-state index contributed by atoms with van der Waals surface area (Å²) < 4.78 is 31.3. The number of para-hydroxylation sites is 1. The van der Waals surface area contributed by atoms with Gasteiger partial charge in [0.1, 0.15) is 6.54 Å². The number of sulfonamides is 1. The van der Waals surface area contributed by atoms with Gasteiger partial charge in [-0.05, 0) is 25.1 Å². The Kier molecular flexibility index (Phi) is 5.38. The number of methoxy groups -OCH3 is 1. The van der Waals surface area contributed by atoms with Gasteiger partial charge in [-0.15, -0.1) is 0 Å². The molecule has 0 heterocycles. The third-order valence-corrected chi connectivity index (χ3v) is 5.28. The van der Waals surface area contributed by atoms with Crippen molar-refractivity contribution >= 4 is 27.4 Å². The van der Waals surface area contributed by atoms with Gasteiger partial charge in [0.05, 0.1) is 22.6 Å². The molecule has 0 aromatic heterocycles. The summed E-state index contributed by atoms with van der Waals surface area (Å²) in [5.41, 5.74) is 0.270. The number of hydrogen-bond acceptors (Lipinski definition) is 6. The molecule has 9 heteroatoms. The average molecular weight is 364 g/mol. The van der Waals surface area contributed by atoms with Crippen molar-refractivity contribution in [3.8, 4) is 0 Å². The molecule has 0 N–H and O–H groups in total. The van der Waals surface area contributed by atoms with Crippen LogP contribution in [0.5, 0.6) is 0 Å². The van der Waals surface area contributed by atoms with Gasteiger partial charge < -0.3 is 4.74 Å². The van der Waals surface area contributed by atoms with Crippen LogP contribution in [0.3, 0.4) is 0 Å². The average Bonchev–Trinajstić information content (AvgIpc) is 2.59. The lowest BCUT2D eigenvalue weighted by molar-refractivity contribution is -0.385. The maximum absolute atomic E-state index is 13.0. The molecule has 2 aromatic carbocycles. The van der Waals surface area contributed by atoms with Crippen molar-refractivity contribution in [3.05, 3.63) is 64.2 Å². The van der Waals surface area contributed by atoms with Gasteiger partial charge in [0, 0.05) is 11.6 Å². The van der Waals surface area contributed by atoms with Crippen molar-refractivity contribution in [2.45, 2.75) is 11.8 Å². The van der Waals surface area contributed by atoms with E-state index in [1.54, 1.807) is 18.2 Å². The third-order valence-electron chi connectivity index (χ3n) is 3.51. The first-order valence-corrected chi connectivity index (χ1v) is 8.61. The lowest BCUT2D eigenvalue weighted by Crippen LogP contribution is -2.36. The van der Waals surface area contributed by atoms with E-state index in [4.69, 9.17) is 0 Å².